The van der Waals surface area contributed by atoms with E-state index in [2.05, 4.69) is 0 Å². The van der Waals surface area contributed by atoms with Crippen LogP contribution < -0.4 is 4.74 Å². The van der Waals surface area contributed by atoms with Crippen molar-refractivity contribution in [3.8, 4) is 5.75 Å². The minimum atomic E-state index is -0.570. The number of rotatable bonds is 4. The highest BCUT2D eigenvalue weighted by Gasteiger charge is 2.13. The molecule has 0 N–H and O–H groups in total. The quantitative estimate of drug-likeness (QED) is 0.717. The maximum Gasteiger partial charge on any atom is 0.162 e. The monoisotopic (exact) mass is 212 g/mol. The van der Waals surface area contributed by atoms with Crippen LogP contribution >= 0.6 is 0 Å². The van der Waals surface area contributed by atoms with Gasteiger partial charge >= 0.3 is 0 Å². The van der Waals surface area contributed by atoms with Crippen LogP contribution in [-0.2, 0) is 11.3 Å². The zero-order chi connectivity index (χ0) is 11.4. The summed E-state index contributed by atoms with van der Waals surface area (Å²) in [4.78, 5) is 11.1. The molecule has 0 amide bonds. The summed E-state index contributed by atoms with van der Waals surface area (Å²) >= 11 is 0. The van der Waals surface area contributed by atoms with Crippen molar-refractivity contribution in [1.29, 1.82) is 0 Å². The molecule has 0 bridgehead atoms. The number of methoxy groups -OCH3 is 2. The number of carbonyl (C=O) groups is 1. The van der Waals surface area contributed by atoms with Gasteiger partial charge in [0.25, 0.3) is 0 Å². The van der Waals surface area contributed by atoms with Crippen LogP contribution in [0.15, 0.2) is 12.1 Å². The second-order valence-electron chi connectivity index (χ2n) is 3.13. The van der Waals surface area contributed by atoms with Gasteiger partial charge in [-0.15, -0.1) is 0 Å². The average molecular weight is 212 g/mol. The Hall–Kier alpha value is -1.42. The summed E-state index contributed by atoms with van der Waals surface area (Å²) in [7, 11) is 2.97. The van der Waals surface area contributed by atoms with Crippen molar-refractivity contribution in [2.24, 2.45) is 0 Å². The number of hydrogen-bond acceptors (Lipinski definition) is 3. The second-order valence-corrected chi connectivity index (χ2v) is 3.13. The molecule has 0 radical (unpaired) electrons. The molecule has 0 aliphatic rings. The minimum Gasteiger partial charge on any atom is -0.496 e. The fraction of sp³-hybridized carbons (Fsp3) is 0.364. The standard InChI is InChI=1S/C11H13FO3/c1-7(13)9-4-8(6-14-2)11(15-3)5-10(9)12/h4-5H,6H2,1-3H3. The molecule has 82 valence electrons. The lowest BCUT2D eigenvalue weighted by molar-refractivity contribution is 0.101. The zero-order valence-corrected chi connectivity index (χ0v) is 8.96. The van der Waals surface area contributed by atoms with Gasteiger partial charge in [0.15, 0.2) is 5.78 Å². The first-order valence-corrected chi connectivity index (χ1v) is 4.46. The fourth-order valence-electron chi connectivity index (χ4n) is 1.33. The second kappa shape index (κ2) is 4.89. The zero-order valence-electron chi connectivity index (χ0n) is 8.96. The molecule has 3 nitrogen and oxygen atoms in total. The Bertz CT molecular complexity index is 374. The highest BCUT2D eigenvalue weighted by Crippen LogP contribution is 2.23. The molecule has 0 heterocycles. The van der Waals surface area contributed by atoms with Gasteiger partial charge in [0, 0.05) is 18.7 Å². The summed E-state index contributed by atoms with van der Waals surface area (Å²) in [5, 5.41) is 0. The van der Waals surface area contributed by atoms with Crippen LogP contribution in [0.4, 0.5) is 4.39 Å². The molecule has 4 heteroatoms. The topological polar surface area (TPSA) is 35.5 Å². The molecule has 1 rings (SSSR count). The van der Waals surface area contributed by atoms with E-state index in [1.54, 1.807) is 0 Å². The van der Waals surface area contributed by atoms with Crippen molar-refractivity contribution in [2.75, 3.05) is 14.2 Å². The molecule has 0 saturated heterocycles. The van der Waals surface area contributed by atoms with E-state index in [0.717, 1.165) is 0 Å². The third-order valence-electron chi connectivity index (χ3n) is 2.05. The normalized spacial score (nSPS) is 10.1. The highest BCUT2D eigenvalue weighted by molar-refractivity contribution is 5.94. The molecule has 0 atom stereocenters. The summed E-state index contributed by atoms with van der Waals surface area (Å²) in [6.45, 7) is 1.60. The van der Waals surface area contributed by atoms with Crippen LogP contribution in [0.1, 0.15) is 22.8 Å². The predicted molar refractivity (Wildman–Crippen MR) is 53.7 cm³/mol. The van der Waals surface area contributed by atoms with Crippen LogP contribution in [0.3, 0.4) is 0 Å². The first-order valence-electron chi connectivity index (χ1n) is 4.46. The van der Waals surface area contributed by atoms with Crippen molar-refractivity contribution >= 4 is 5.78 Å². The number of benzene rings is 1. The van der Waals surface area contributed by atoms with Gasteiger partial charge in [-0.05, 0) is 13.0 Å². The number of carbonyl (C=O) groups excluding carboxylic acids is 1. The van der Waals surface area contributed by atoms with Crippen LogP contribution in [0.2, 0.25) is 0 Å². The van der Waals surface area contributed by atoms with Crippen molar-refractivity contribution < 1.29 is 18.7 Å². The van der Waals surface area contributed by atoms with E-state index in [4.69, 9.17) is 9.47 Å². The maximum absolute atomic E-state index is 13.4. The van der Waals surface area contributed by atoms with Crippen molar-refractivity contribution in [2.45, 2.75) is 13.5 Å². The van der Waals surface area contributed by atoms with E-state index >= 15 is 0 Å². The maximum atomic E-state index is 13.4. The Labute approximate surface area is 87.8 Å². The van der Waals surface area contributed by atoms with Gasteiger partial charge in [-0.3, -0.25) is 4.79 Å². The highest BCUT2D eigenvalue weighted by atomic mass is 19.1. The third kappa shape index (κ3) is 2.53. The van der Waals surface area contributed by atoms with E-state index in [-0.39, 0.29) is 18.0 Å². The van der Waals surface area contributed by atoms with Crippen LogP contribution in [0, 0.1) is 5.82 Å². The fourth-order valence-corrected chi connectivity index (χ4v) is 1.33. The van der Waals surface area contributed by atoms with E-state index < -0.39 is 5.82 Å². The Morgan fingerprint density at radius 1 is 1.40 bits per heavy atom. The molecular formula is C11H13FO3. The number of ketones is 1. The molecule has 0 fully saturated rings. The molecule has 0 aliphatic heterocycles. The molecule has 1 aromatic carbocycles. The largest absolute Gasteiger partial charge is 0.496 e. The molecule has 0 aromatic heterocycles. The van der Waals surface area contributed by atoms with Gasteiger partial charge < -0.3 is 9.47 Å². The van der Waals surface area contributed by atoms with Gasteiger partial charge in [0.1, 0.15) is 11.6 Å². The van der Waals surface area contributed by atoms with E-state index in [1.165, 1.54) is 33.3 Å². The van der Waals surface area contributed by atoms with Gasteiger partial charge in [-0.2, -0.15) is 0 Å². The molecule has 0 unspecified atom stereocenters. The van der Waals surface area contributed by atoms with E-state index in [0.29, 0.717) is 11.3 Å². The Balaban J connectivity index is 3.23. The van der Waals surface area contributed by atoms with E-state index in [1.807, 2.05) is 0 Å². The molecule has 0 spiro atoms. The number of Topliss-reactive ketones (excluding diaryl/α,β-unsaturated/α-hetero) is 1. The molecule has 0 saturated carbocycles. The predicted octanol–water partition coefficient (Wildman–Crippen LogP) is 2.18. The Morgan fingerprint density at radius 2 is 2.07 bits per heavy atom. The Morgan fingerprint density at radius 3 is 2.53 bits per heavy atom. The van der Waals surface area contributed by atoms with Gasteiger partial charge in [0.05, 0.1) is 19.3 Å². The molecular weight excluding hydrogens is 199 g/mol. The van der Waals surface area contributed by atoms with Crippen molar-refractivity contribution in [3.05, 3.63) is 29.1 Å². The van der Waals surface area contributed by atoms with Gasteiger partial charge in [-0.1, -0.05) is 0 Å². The molecule has 1 aromatic rings. The van der Waals surface area contributed by atoms with Gasteiger partial charge in [-0.25, -0.2) is 4.39 Å². The third-order valence-corrected chi connectivity index (χ3v) is 2.05. The lowest BCUT2D eigenvalue weighted by Crippen LogP contribution is -2.02. The minimum absolute atomic E-state index is 0.0582. The average Bonchev–Trinajstić information content (AvgIpc) is 2.20. The number of halogens is 1. The summed E-state index contributed by atoms with van der Waals surface area (Å²) in [5.74, 6) is -0.494. The molecule has 0 aliphatic carbocycles. The summed E-state index contributed by atoms with van der Waals surface area (Å²) < 4.78 is 23.3. The lowest BCUT2D eigenvalue weighted by Gasteiger charge is -2.09. The summed E-state index contributed by atoms with van der Waals surface area (Å²) in [6.07, 6.45) is 0. The smallest absolute Gasteiger partial charge is 0.162 e. The number of hydrogen-bond donors (Lipinski definition) is 0. The van der Waals surface area contributed by atoms with Crippen molar-refractivity contribution in [3.63, 3.8) is 0 Å². The van der Waals surface area contributed by atoms with Crippen LogP contribution in [0.5, 0.6) is 5.75 Å². The summed E-state index contributed by atoms with van der Waals surface area (Å²) in [5.41, 5.74) is 0.717. The van der Waals surface area contributed by atoms with Gasteiger partial charge in [0.2, 0.25) is 0 Å². The summed E-state index contributed by atoms with van der Waals surface area (Å²) in [6, 6.07) is 2.66. The van der Waals surface area contributed by atoms with Crippen LogP contribution in [0.25, 0.3) is 0 Å². The van der Waals surface area contributed by atoms with E-state index in [9.17, 15) is 9.18 Å². The number of ether oxygens (including phenoxy) is 2. The van der Waals surface area contributed by atoms with Crippen LogP contribution in [-0.4, -0.2) is 20.0 Å². The lowest BCUT2D eigenvalue weighted by atomic mass is 10.1. The van der Waals surface area contributed by atoms with Crippen molar-refractivity contribution in [1.82, 2.24) is 0 Å². The Kier molecular flexibility index (Phi) is 3.80. The molecule has 15 heavy (non-hydrogen) atoms. The SMILES string of the molecule is COCc1cc(C(C)=O)c(F)cc1OC. The first-order chi connectivity index (χ1) is 7.10. The first kappa shape index (κ1) is 11.7.